The first kappa shape index (κ1) is 21.0. The molecule has 0 spiro atoms. The van der Waals surface area contributed by atoms with Crippen LogP contribution < -0.4 is 16.0 Å². The van der Waals surface area contributed by atoms with Crippen molar-refractivity contribution < 1.29 is 9.59 Å². The molecule has 0 aliphatic carbocycles. The van der Waals surface area contributed by atoms with Gasteiger partial charge in [-0.1, -0.05) is 54.0 Å². The number of urea groups is 1. The van der Waals surface area contributed by atoms with E-state index < -0.39 is 0 Å². The molecule has 2 aromatic carbocycles. The topological polar surface area (TPSA) is 70.2 Å². The minimum absolute atomic E-state index is 0.00574. The van der Waals surface area contributed by atoms with E-state index in [-0.39, 0.29) is 18.0 Å². The number of rotatable bonds is 8. The molecule has 0 radical (unpaired) electrons. The number of halogens is 1. The Morgan fingerprint density at radius 2 is 1.67 bits per heavy atom. The predicted molar refractivity (Wildman–Crippen MR) is 113 cm³/mol. The lowest BCUT2D eigenvalue weighted by Crippen LogP contribution is -2.29. The number of benzene rings is 2. The average molecular weight is 432 g/mol. The molecule has 0 aromatic heterocycles. The number of amides is 3. The summed E-state index contributed by atoms with van der Waals surface area (Å²) in [5.74, 6) is -0.0221. The van der Waals surface area contributed by atoms with Gasteiger partial charge in [0, 0.05) is 16.7 Å². The zero-order valence-electron chi connectivity index (χ0n) is 15.7. The molecule has 6 heteroatoms. The smallest absolute Gasteiger partial charge is 0.319 e. The van der Waals surface area contributed by atoms with E-state index in [9.17, 15) is 9.59 Å². The average Bonchev–Trinajstić information content (AvgIpc) is 2.67. The molecule has 0 saturated carbocycles. The van der Waals surface area contributed by atoms with Gasteiger partial charge in [-0.2, -0.15) is 0 Å². The lowest BCUT2D eigenvalue weighted by atomic mass is 10.0. The quantitative estimate of drug-likeness (QED) is 0.561. The van der Waals surface area contributed by atoms with Crippen LogP contribution in [0.25, 0.3) is 0 Å². The minimum Gasteiger partial charge on any atom is -0.349 e. The third-order valence-corrected chi connectivity index (χ3v) is 4.66. The van der Waals surface area contributed by atoms with Gasteiger partial charge in [-0.05, 0) is 48.2 Å². The Balaban J connectivity index is 1.89. The molecule has 2 aromatic rings. The highest BCUT2D eigenvalue weighted by Crippen LogP contribution is 2.20. The molecular weight excluding hydrogens is 406 g/mol. The predicted octanol–water partition coefficient (Wildman–Crippen LogP) is 4.79. The highest BCUT2D eigenvalue weighted by atomic mass is 79.9. The van der Waals surface area contributed by atoms with Crippen LogP contribution in [0.15, 0.2) is 53.0 Å². The Bertz CT molecular complexity index is 745. The number of nitrogens with one attached hydrogen (secondary N) is 3. The van der Waals surface area contributed by atoms with Crippen LogP contribution in [0.1, 0.15) is 43.9 Å². The lowest BCUT2D eigenvalue weighted by Gasteiger charge is -2.18. The van der Waals surface area contributed by atoms with Gasteiger partial charge in [0.05, 0.1) is 12.5 Å². The molecule has 27 heavy (non-hydrogen) atoms. The molecule has 3 amide bonds. The van der Waals surface area contributed by atoms with Crippen molar-refractivity contribution in [2.24, 2.45) is 0 Å². The van der Waals surface area contributed by atoms with Crippen molar-refractivity contribution in [3.8, 4) is 0 Å². The maximum atomic E-state index is 12.4. The number of carbonyl (C=O) groups is 2. The normalized spacial score (nSPS) is 11.5. The molecule has 0 heterocycles. The van der Waals surface area contributed by atoms with Gasteiger partial charge in [-0.3, -0.25) is 4.79 Å². The zero-order valence-corrected chi connectivity index (χ0v) is 17.3. The summed E-state index contributed by atoms with van der Waals surface area (Å²) < 4.78 is 1.02. The summed E-state index contributed by atoms with van der Waals surface area (Å²) >= 11 is 3.43. The van der Waals surface area contributed by atoms with E-state index in [0.29, 0.717) is 18.7 Å². The largest absolute Gasteiger partial charge is 0.349 e. The number of hydrogen-bond acceptors (Lipinski definition) is 2. The molecule has 0 saturated heterocycles. The van der Waals surface area contributed by atoms with Crippen molar-refractivity contribution in [2.45, 2.75) is 39.2 Å². The van der Waals surface area contributed by atoms with Crippen LogP contribution in [-0.2, 0) is 11.2 Å². The fourth-order valence-corrected chi connectivity index (χ4v) is 2.93. The number of carbonyl (C=O) groups excluding carboxylic acids is 2. The van der Waals surface area contributed by atoms with Crippen molar-refractivity contribution in [3.63, 3.8) is 0 Å². The van der Waals surface area contributed by atoms with E-state index >= 15 is 0 Å². The fraction of sp³-hybridized carbons (Fsp3) is 0.333. The van der Waals surface area contributed by atoms with Gasteiger partial charge >= 0.3 is 6.03 Å². The first-order valence-corrected chi connectivity index (χ1v) is 9.99. The van der Waals surface area contributed by atoms with Crippen LogP contribution in [0, 0.1) is 0 Å². The SMILES string of the molecule is CCCNC(=O)Nc1ccc(CC(=O)NC(CC)c2ccc(Br)cc2)cc1. The van der Waals surface area contributed by atoms with E-state index in [2.05, 4.69) is 38.8 Å². The summed E-state index contributed by atoms with van der Waals surface area (Å²) in [7, 11) is 0. The second kappa shape index (κ2) is 10.7. The Labute approximate surface area is 169 Å². The van der Waals surface area contributed by atoms with Crippen molar-refractivity contribution in [1.29, 1.82) is 0 Å². The molecule has 0 aliphatic heterocycles. The Hall–Kier alpha value is -2.34. The van der Waals surface area contributed by atoms with Gasteiger partial charge in [-0.25, -0.2) is 4.79 Å². The van der Waals surface area contributed by atoms with E-state index in [1.807, 2.05) is 43.3 Å². The lowest BCUT2D eigenvalue weighted by molar-refractivity contribution is -0.121. The van der Waals surface area contributed by atoms with Gasteiger partial charge in [0.25, 0.3) is 0 Å². The maximum absolute atomic E-state index is 12.4. The summed E-state index contributed by atoms with van der Waals surface area (Å²) in [6, 6.07) is 15.1. The highest BCUT2D eigenvalue weighted by molar-refractivity contribution is 9.10. The van der Waals surface area contributed by atoms with E-state index in [4.69, 9.17) is 0 Å². The van der Waals surface area contributed by atoms with Crippen molar-refractivity contribution in [2.75, 3.05) is 11.9 Å². The van der Waals surface area contributed by atoms with E-state index in [1.165, 1.54) is 0 Å². The minimum atomic E-state index is -0.220. The van der Waals surface area contributed by atoms with Gasteiger partial charge in [0.15, 0.2) is 0 Å². The van der Waals surface area contributed by atoms with Gasteiger partial charge in [0.1, 0.15) is 0 Å². The summed E-state index contributed by atoms with van der Waals surface area (Å²) in [6.07, 6.45) is 2.01. The third kappa shape index (κ3) is 7.06. The second-order valence-corrected chi connectivity index (χ2v) is 7.25. The van der Waals surface area contributed by atoms with Crippen LogP contribution in [-0.4, -0.2) is 18.5 Å². The maximum Gasteiger partial charge on any atom is 0.319 e. The van der Waals surface area contributed by atoms with Crippen LogP contribution in [0.5, 0.6) is 0 Å². The third-order valence-electron chi connectivity index (χ3n) is 4.13. The molecule has 0 bridgehead atoms. The van der Waals surface area contributed by atoms with Crippen LogP contribution in [0.2, 0.25) is 0 Å². The summed E-state index contributed by atoms with van der Waals surface area (Å²) in [5, 5.41) is 8.61. The second-order valence-electron chi connectivity index (χ2n) is 6.33. The Kier molecular flexibility index (Phi) is 8.33. The van der Waals surface area contributed by atoms with Gasteiger partial charge in [-0.15, -0.1) is 0 Å². The fourth-order valence-electron chi connectivity index (χ4n) is 2.67. The molecule has 1 unspecified atom stereocenters. The first-order chi connectivity index (χ1) is 13.0. The number of hydrogen-bond donors (Lipinski definition) is 3. The molecule has 144 valence electrons. The first-order valence-electron chi connectivity index (χ1n) is 9.20. The molecule has 5 nitrogen and oxygen atoms in total. The molecule has 0 fully saturated rings. The molecule has 2 rings (SSSR count). The molecule has 3 N–H and O–H groups in total. The van der Waals surface area contributed by atoms with Gasteiger partial charge in [0.2, 0.25) is 5.91 Å². The zero-order chi connectivity index (χ0) is 19.6. The monoisotopic (exact) mass is 431 g/mol. The van der Waals surface area contributed by atoms with Crippen LogP contribution in [0.3, 0.4) is 0 Å². The van der Waals surface area contributed by atoms with Crippen LogP contribution in [0.4, 0.5) is 10.5 Å². The standard InChI is InChI=1S/C21H26BrN3O2/c1-3-13-23-21(27)24-18-11-5-15(6-12-18)14-20(26)25-19(4-2)16-7-9-17(22)10-8-16/h5-12,19H,3-4,13-14H2,1-2H3,(H,25,26)(H2,23,24,27). The molecular formula is C21H26BrN3O2. The van der Waals surface area contributed by atoms with E-state index in [0.717, 1.165) is 28.4 Å². The van der Waals surface area contributed by atoms with Crippen molar-refractivity contribution in [3.05, 3.63) is 64.1 Å². The summed E-state index contributed by atoms with van der Waals surface area (Å²) in [5.41, 5.74) is 2.69. The van der Waals surface area contributed by atoms with Crippen molar-refractivity contribution in [1.82, 2.24) is 10.6 Å². The molecule has 1 atom stereocenters. The summed E-state index contributed by atoms with van der Waals surface area (Å²) in [6.45, 7) is 4.69. The van der Waals surface area contributed by atoms with Crippen molar-refractivity contribution >= 4 is 33.6 Å². The Morgan fingerprint density at radius 1 is 1.00 bits per heavy atom. The van der Waals surface area contributed by atoms with Gasteiger partial charge < -0.3 is 16.0 Å². The van der Waals surface area contributed by atoms with Crippen LogP contribution >= 0.6 is 15.9 Å². The Morgan fingerprint density at radius 3 is 2.26 bits per heavy atom. The summed E-state index contributed by atoms with van der Waals surface area (Å²) in [4.78, 5) is 24.1. The van der Waals surface area contributed by atoms with E-state index in [1.54, 1.807) is 12.1 Å². The number of anilines is 1. The molecule has 0 aliphatic rings. The highest BCUT2D eigenvalue weighted by Gasteiger charge is 2.13.